The number of hydrogen-bond acceptors (Lipinski definition) is 2. The fourth-order valence-corrected chi connectivity index (χ4v) is 0.558. The number of alkyl halides is 1. The molecule has 0 saturated heterocycles. The number of nitriles is 1. The lowest BCUT2D eigenvalue weighted by molar-refractivity contribution is -0.119. The molecule has 0 rings (SSSR count). The van der Waals surface area contributed by atoms with Gasteiger partial charge in [0.25, 0.3) is 0 Å². The Morgan fingerprint density at radius 2 is 2.50 bits per heavy atom. The zero-order valence-corrected chi connectivity index (χ0v) is 7.31. The zero-order valence-electron chi connectivity index (χ0n) is 5.72. The molecule has 0 aliphatic heterocycles. The van der Waals surface area contributed by atoms with Crippen LogP contribution in [0.15, 0.2) is 0 Å². The molecule has 0 fully saturated rings. The fourth-order valence-electron chi connectivity index (χ4n) is 0.396. The SMILES string of the molecule is CCCNC(=O)C(Br)C#N. The first-order valence-corrected chi connectivity index (χ1v) is 3.95. The molecule has 1 amide bonds. The van der Waals surface area contributed by atoms with E-state index in [0.717, 1.165) is 6.42 Å². The Morgan fingerprint density at radius 1 is 1.90 bits per heavy atom. The monoisotopic (exact) mass is 204 g/mol. The van der Waals surface area contributed by atoms with Gasteiger partial charge in [-0.05, 0) is 6.42 Å². The van der Waals surface area contributed by atoms with E-state index in [-0.39, 0.29) is 5.91 Å². The van der Waals surface area contributed by atoms with E-state index in [2.05, 4.69) is 21.2 Å². The van der Waals surface area contributed by atoms with Crippen molar-refractivity contribution in [3.05, 3.63) is 0 Å². The summed E-state index contributed by atoms with van der Waals surface area (Å²) in [5.41, 5.74) is 0. The van der Waals surface area contributed by atoms with Crippen LogP contribution in [-0.2, 0) is 4.79 Å². The van der Waals surface area contributed by atoms with Crippen molar-refractivity contribution in [3.8, 4) is 6.07 Å². The van der Waals surface area contributed by atoms with Crippen LogP contribution < -0.4 is 5.32 Å². The number of hydrogen-bond donors (Lipinski definition) is 1. The molecule has 1 unspecified atom stereocenters. The van der Waals surface area contributed by atoms with Crippen LogP contribution in [0.2, 0.25) is 0 Å². The molecule has 0 spiro atoms. The van der Waals surface area contributed by atoms with Crippen molar-refractivity contribution in [1.82, 2.24) is 5.32 Å². The quantitative estimate of drug-likeness (QED) is 0.692. The smallest absolute Gasteiger partial charge is 0.248 e. The van der Waals surface area contributed by atoms with E-state index in [1.54, 1.807) is 6.07 Å². The molecule has 1 N–H and O–H groups in total. The van der Waals surface area contributed by atoms with E-state index < -0.39 is 4.83 Å². The number of carbonyl (C=O) groups is 1. The average Bonchev–Trinajstić information content (AvgIpc) is 1.98. The molecule has 0 bridgehead atoms. The van der Waals surface area contributed by atoms with Gasteiger partial charge < -0.3 is 5.32 Å². The largest absolute Gasteiger partial charge is 0.354 e. The van der Waals surface area contributed by atoms with E-state index in [1.807, 2.05) is 6.92 Å². The lowest BCUT2D eigenvalue weighted by atomic mass is 10.4. The lowest BCUT2D eigenvalue weighted by Gasteiger charge is -2.01. The molecule has 1 atom stereocenters. The minimum absolute atomic E-state index is 0.260. The normalized spacial score (nSPS) is 11.7. The predicted octanol–water partition coefficient (Wildman–Crippen LogP) is 0.800. The molecule has 0 aromatic carbocycles. The van der Waals surface area contributed by atoms with E-state index in [1.165, 1.54) is 0 Å². The summed E-state index contributed by atoms with van der Waals surface area (Å²) in [5.74, 6) is -0.260. The molecule has 56 valence electrons. The molecule has 0 radical (unpaired) electrons. The third-order valence-electron chi connectivity index (χ3n) is 0.893. The number of carbonyl (C=O) groups excluding carboxylic acids is 1. The van der Waals surface area contributed by atoms with Crippen LogP contribution in [0.1, 0.15) is 13.3 Å². The summed E-state index contributed by atoms with van der Waals surface area (Å²) >= 11 is 2.90. The predicted molar refractivity (Wildman–Crippen MR) is 41.6 cm³/mol. The third kappa shape index (κ3) is 3.46. The minimum Gasteiger partial charge on any atom is -0.354 e. The van der Waals surface area contributed by atoms with E-state index in [4.69, 9.17) is 5.26 Å². The highest BCUT2D eigenvalue weighted by Gasteiger charge is 2.11. The Kier molecular flexibility index (Phi) is 4.95. The number of amides is 1. The summed E-state index contributed by atoms with van der Waals surface area (Å²) in [4.78, 5) is 10.0. The molecule has 3 nitrogen and oxygen atoms in total. The number of rotatable bonds is 3. The van der Waals surface area contributed by atoms with Gasteiger partial charge in [-0.3, -0.25) is 4.79 Å². The van der Waals surface area contributed by atoms with Crippen LogP contribution in [0.4, 0.5) is 0 Å². The summed E-state index contributed by atoms with van der Waals surface area (Å²) in [7, 11) is 0. The van der Waals surface area contributed by atoms with Crippen molar-refractivity contribution in [2.24, 2.45) is 0 Å². The van der Waals surface area contributed by atoms with Gasteiger partial charge in [-0.15, -0.1) is 0 Å². The van der Waals surface area contributed by atoms with Crippen molar-refractivity contribution in [3.63, 3.8) is 0 Å². The Morgan fingerprint density at radius 3 is 2.90 bits per heavy atom. The van der Waals surface area contributed by atoms with Gasteiger partial charge in [0.1, 0.15) is 0 Å². The second kappa shape index (κ2) is 5.24. The van der Waals surface area contributed by atoms with Gasteiger partial charge in [-0.2, -0.15) is 5.26 Å². The average molecular weight is 205 g/mol. The first-order valence-electron chi connectivity index (χ1n) is 3.03. The Balaban J connectivity index is 3.54. The van der Waals surface area contributed by atoms with Gasteiger partial charge >= 0.3 is 0 Å². The van der Waals surface area contributed by atoms with Crippen molar-refractivity contribution in [2.45, 2.75) is 18.2 Å². The second-order valence-electron chi connectivity index (χ2n) is 1.78. The van der Waals surface area contributed by atoms with Gasteiger partial charge in [0.2, 0.25) is 5.91 Å². The maximum atomic E-state index is 10.8. The number of halogens is 1. The fraction of sp³-hybridized carbons (Fsp3) is 0.667. The summed E-state index contributed by atoms with van der Waals surface area (Å²) in [6, 6.07) is 1.78. The lowest BCUT2D eigenvalue weighted by Crippen LogP contribution is -2.30. The van der Waals surface area contributed by atoms with Crippen LogP contribution in [0, 0.1) is 11.3 Å². The first kappa shape index (κ1) is 9.44. The molecule has 0 aromatic rings. The Bertz CT molecular complexity index is 152. The van der Waals surface area contributed by atoms with Gasteiger partial charge in [-0.1, -0.05) is 22.9 Å². The summed E-state index contributed by atoms with van der Waals surface area (Å²) < 4.78 is 0. The highest BCUT2D eigenvalue weighted by molar-refractivity contribution is 9.10. The number of nitrogens with zero attached hydrogens (tertiary/aromatic N) is 1. The summed E-state index contributed by atoms with van der Waals surface area (Å²) in [6.07, 6.45) is 0.886. The van der Waals surface area contributed by atoms with Crippen molar-refractivity contribution in [1.29, 1.82) is 5.26 Å². The van der Waals surface area contributed by atoms with Crippen molar-refractivity contribution < 1.29 is 4.79 Å². The second-order valence-corrected chi connectivity index (χ2v) is 2.70. The van der Waals surface area contributed by atoms with Gasteiger partial charge in [0, 0.05) is 6.54 Å². The van der Waals surface area contributed by atoms with E-state index in [0.29, 0.717) is 6.54 Å². The molecule has 0 aromatic heterocycles. The van der Waals surface area contributed by atoms with Crippen LogP contribution in [-0.4, -0.2) is 17.3 Å². The highest BCUT2D eigenvalue weighted by atomic mass is 79.9. The molecular weight excluding hydrogens is 196 g/mol. The molecule has 0 aliphatic rings. The molecular formula is C6H9BrN2O. The summed E-state index contributed by atoms with van der Waals surface area (Å²) in [6.45, 7) is 2.58. The van der Waals surface area contributed by atoms with Gasteiger partial charge in [0.05, 0.1) is 6.07 Å². The Hall–Kier alpha value is -0.560. The van der Waals surface area contributed by atoms with Crippen LogP contribution in [0.5, 0.6) is 0 Å². The van der Waals surface area contributed by atoms with Crippen LogP contribution >= 0.6 is 15.9 Å². The molecule has 10 heavy (non-hydrogen) atoms. The van der Waals surface area contributed by atoms with Crippen molar-refractivity contribution in [2.75, 3.05) is 6.54 Å². The van der Waals surface area contributed by atoms with Crippen LogP contribution in [0.25, 0.3) is 0 Å². The molecule has 0 aliphatic carbocycles. The molecule has 0 heterocycles. The third-order valence-corrected chi connectivity index (χ3v) is 1.51. The van der Waals surface area contributed by atoms with Crippen LogP contribution in [0.3, 0.4) is 0 Å². The first-order chi connectivity index (χ1) is 4.72. The zero-order chi connectivity index (χ0) is 7.98. The highest BCUT2D eigenvalue weighted by Crippen LogP contribution is 1.95. The van der Waals surface area contributed by atoms with Gasteiger partial charge in [-0.25, -0.2) is 0 Å². The molecule has 4 heteroatoms. The number of nitrogens with one attached hydrogen (secondary N) is 1. The minimum atomic E-state index is -0.709. The maximum Gasteiger partial charge on any atom is 0.248 e. The maximum absolute atomic E-state index is 10.8. The summed E-state index contributed by atoms with van der Waals surface area (Å²) in [5, 5.41) is 10.8. The Labute approximate surface area is 68.5 Å². The van der Waals surface area contributed by atoms with E-state index in [9.17, 15) is 4.79 Å². The topological polar surface area (TPSA) is 52.9 Å². The standard InChI is InChI=1S/C6H9BrN2O/c1-2-3-9-6(10)5(7)4-8/h5H,2-3H2,1H3,(H,9,10). The van der Waals surface area contributed by atoms with E-state index >= 15 is 0 Å². The van der Waals surface area contributed by atoms with Gasteiger partial charge in [0.15, 0.2) is 4.83 Å². The van der Waals surface area contributed by atoms with Crippen molar-refractivity contribution >= 4 is 21.8 Å². The molecule has 0 saturated carbocycles.